The van der Waals surface area contributed by atoms with Crippen LogP contribution in [0.2, 0.25) is 0 Å². The molecular formula is C13H22O4. The molecule has 0 aromatic rings. The van der Waals surface area contributed by atoms with Gasteiger partial charge in [0.2, 0.25) is 0 Å². The van der Waals surface area contributed by atoms with E-state index in [1.807, 2.05) is 6.92 Å². The summed E-state index contributed by atoms with van der Waals surface area (Å²) in [5.74, 6) is -1.44. The molecule has 4 nitrogen and oxygen atoms in total. The van der Waals surface area contributed by atoms with Gasteiger partial charge >= 0.3 is 5.97 Å². The van der Waals surface area contributed by atoms with Crippen molar-refractivity contribution in [3.05, 3.63) is 0 Å². The number of rotatable bonds is 7. The molecule has 0 unspecified atom stereocenters. The minimum Gasteiger partial charge on any atom is -0.481 e. The molecule has 0 radical (unpaired) electrons. The van der Waals surface area contributed by atoms with Gasteiger partial charge in [0.25, 0.3) is 0 Å². The predicted molar refractivity (Wildman–Crippen MR) is 64.7 cm³/mol. The van der Waals surface area contributed by atoms with Gasteiger partial charge in [-0.3, -0.25) is 14.4 Å². The minimum absolute atomic E-state index is 0.122. The van der Waals surface area contributed by atoms with E-state index in [2.05, 4.69) is 0 Å². The van der Waals surface area contributed by atoms with Crippen LogP contribution in [0.5, 0.6) is 0 Å². The fourth-order valence-corrected chi connectivity index (χ4v) is 1.30. The molecular weight excluding hydrogens is 220 g/mol. The lowest BCUT2D eigenvalue weighted by Crippen LogP contribution is -2.33. The van der Waals surface area contributed by atoms with Gasteiger partial charge in [-0.05, 0) is 6.42 Å². The molecule has 1 N–H and O–H groups in total. The second-order valence-corrected chi connectivity index (χ2v) is 5.71. The largest absolute Gasteiger partial charge is 0.481 e. The molecule has 0 spiro atoms. The predicted octanol–water partition coefficient (Wildman–Crippen LogP) is 2.45. The third-order valence-electron chi connectivity index (χ3n) is 3.31. The standard InChI is InChI=1S/C13H22O4/c1-6-12(2,3)9(14)7-10(15)13(4,5)8-11(16)17/h6-8H2,1-5H3,(H,16,17). The van der Waals surface area contributed by atoms with Gasteiger partial charge < -0.3 is 5.11 Å². The van der Waals surface area contributed by atoms with Crippen molar-refractivity contribution in [1.29, 1.82) is 0 Å². The van der Waals surface area contributed by atoms with Gasteiger partial charge in [0.1, 0.15) is 11.6 Å². The van der Waals surface area contributed by atoms with E-state index in [4.69, 9.17) is 5.11 Å². The molecule has 0 aliphatic rings. The molecule has 0 bridgehead atoms. The number of carboxylic acid groups (broad SMARTS) is 1. The van der Waals surface area contributed by atoms with Crippen LogP contribution in [-0.4, -0.2) is 22.6 Å². The third kappa shape index (κ3) is 4.67. The maximum Gasteiger partial charge on any atom is 0.304 e. The molecule has 0 aromatic carbocycles. The monoisotopic (exact) mass is 242 g/mol. The zero-order valence-electron chi connectivity index (χ0n) is 11.3. The number of Topliss-reactive ketones (excluding diaryl/α,β-unsaturated/α-hetero) is 2. The van der Waals surface area contributed by atoms with Crippen LogP contribution in [0.15, 0.2) is 0 Å². The second kappa shape index (κ2) is 5.43. The van der Waals surface area contributed by atoms with Gasteiger partial charge in [0, 0.05) is 10.8 Å². The fraction of sp³-hybridized carbons (Fsp3) is 0.769. The van der Waals surface area contributed by atoms with E-state index in [0.717, 1.165) is 0 Å². The molecule has 0 aromatic heterocycles. The van der Waals surface area contributed by atoms with Crippen molar-refractivity contribution in [1.82, 2.24) is 0 Å². The van der Waals surface area contributed by atoms with Gasteiger partial charge in [-0.15, -0.1) is 0 Å². The second-order valence-electron chi connectivity index (χ2n) is 5.71. The maximum absolute atomic E-state index is 11.9. The van der Waals surface area contributed by atoms with Crippen molar-refractivity contribution < 1.29 is 19.5 Å². The molecule has 0 aliphatic heterocycles. The smallest absolute Gasteiger partial charge is 0.304 e. The zero-order valence-corrected chi connectivity index (χ0v) is 11.3. The summed E-state index contributed by atoms with van der Waals surface area (Å²) in [6.07, 6.45) is 0.241. The quantitative estimate of drug-likeness (QED) is 0.696. The number of carbonyl (C=O) groups excluding carboxylic acids is 2. The highest BCUT2D eigenvalue weighted by atomic mass is 16.4. The Morgan fingerprint density at radius 3 is 1.71 bits per heavy atom. The molecule has 0 aliphatic carbocycles. The first-order valence-electron chi connectivity index (χ1n) is 5.81. The Morgan fingerprint density at radius 2 is 1.35 bits per heavy atom. The summed E-state index contributed by atoms with van der Waals surface area (Å²) >= 11 is 0. The van der Waals surface area contributed by atoms with E-state index >= 15 is 0 Å². The fourth-order valence-electron chi connectivity index (χ4n) is 1.30. The molecule has 0 heterocycles. The van der Waals surface area contributed by atoms with Crippen molar-refractivity contribution in [3.63, 3.8) is 0 Å². The normalized spacial score (nSPS) is 12.3. The Bertz CT molecular complexity index is 326. The molecule has 0 atom stereocenters. The lowest BCUT2D eigenvalue weighted by Gasteiger charge is -2.24. The minimum atomic E-state index is -1.02. The number of ketones is 2. The average Bonchev–Trinajstić information content (AvgIpc) is 2.15. The third-order valence-corrected chi connectivity index (χ3v) is 3.31. The van der Waals surface area contributed by atoms with E-state index in [0.29, 0.717) is 6.42 Å². The van der Waals surface area contributed by atoms with Crippen LogP contribution in [0.1, 0.15) is 53.9 Å². The van der Waals surface area contributed by atoms with Crippen LogP contribution in [0.25, 0.3) is 0 Å². The average molecular weight is 242 g/mol. The molecule has 0 saturated carbocycles. The molecule has 0 fully saturated rings. The summed E-state index contributed by atoms with van der Waals surface area (Å²) in [5.41, 5.74) is -1.50. The van der Waals surface area contributed by atoms with Gasteiger partial charge in [-0.1, -0.05) is 34.6 Å². The van der Waals surface area contributed by atoms with Crippen LogP contribution < -0.4 is 0 Å². The molecule has 0 rings (SSSR count). The van der Waals surface area contributed by atoms with E-state index in [-0.39, 0.29) is 24.4 Å². The highest BCUT2D eigenvalue weighted by Gasteiger charge is 2.35. The van der Waals surface area contributed by atoms with Crippen molar-refractivity contribution in [3.8, 4) is 0 Å². The highest BCUT2D eigenvalue weighted by molar-refractivity contribution is 6.04. The van der Waals surface area contributed by atoms with E-state index in [1.165, 1.54) is 0 Å². The number of hydrogen-bond acceptors (Lipinski definition) is 3. The zero-order chi connectivity index (χ0) is 13.9. The number of hydrogen-bond donors (Lipinski definition) is 1. The first kappa shape index (κ1) is 15.8. The summed E-state index contributed by atoms with van der Waals surface area (Å²) in [7, 11) is 0. The number of aliphatic carboxylic acids is 1. The number of carboxylic acids is 1. The van der Waals surface area contributed by atoms with Crippen molar-refractivity contribution >= 4 is 17.5 Å². The Labute approximate surface area is 102 Å². The summed E-state index contributed by atoms with van der Waals surface area (Å²) in [6.45, 7) is 8.62. The number of carbonyl (C=O) groups is 3. The molecule has 4 heteroatoms. The highest BCUT2D eigenvalue weighted by Crippen LogP contribution is 2.28. The Kier molecular flexibility index (Phi) is 5.05. The Hall–Kier alpha value is -1.19. The Morgan fingerprint density at radius 1 is 0.941 bits per heavy atom. The summed E-state index contributed by atoms with van der Waals surface area (Å²) in [5, 5.41) is 8.70. The summed E-state index contributed by atoms with van der Waals surface area (Å²) in [6, 6.07) is 0. The first-order chi connectivity index (χ1) is 7.53. The van der Waals surface area contributed by atoms with Gasteiger partial charge in [0.05, 0.1) is 12.8 Å². The Balaban J connectivity index is 4.65. The van der Waals surface area contributed by atoms with Crippen molar-refractivity contribution in [2.45, 2.75) is 53.9 Å². The van der Waals surface area contributed by atoms with Crippen molar-refractivity contribution in [2.75, 3.05) is 0 Å². The molecule has 0 amide bonds. The van der Waals surface area contributed by atoms with Crippen LogP contribution in [-0.2, 0) is 14.4 Å². The van der Waals surface area contributed by atoms with Crippen LogP contribution in [0.4, 0.5) is 0 Å². The summed E-state index contributed by atoms with van der Waals surface area (Å²) in [4.78, 5) is 34.4. The van der Waals surface area contributed by atoms with E-state index < -0.39 is 16.8 Å². The SMILES string of the molecule is CCC(C)(C)C(=O)CC(=O)C(C)(C)CC(=O)O. The summed E-state index contributed by atoms with van der Waals surface area (Å²) < 4.78 is 0. The first-order valence-corrected chi connectivity index (χ1v) is 5.81. The van der Waals surface area contributed by atoms with E-state index in [1.54, 1.807) is 27.7 Å². The van der Waals surface area contributed by atoms with Crippen LogP contribution in [0, 0.1) is 10.8 Å². The lowest BCUT2D eigenvalue weighted by atomic mass is 9.77. The van der Waals surface area contributed by atoms with Crippen LogP contribution >= 0.6 is 0 Å². The van der Waals surface area contributed by atoms with E-state index in [9.17, 15) is 14.4 Å². The van der Waals surface area contributed by atoms with Crippen LogP contribution in [0.3, 0.4) is 0 Å². The van der Waals surface area contributed by atoms with Gasteiger partial charge in [-0.2, -0.15) is 0 Å². The maximum atomic E-state index is 11.9. The molecule has 17 heavy (non-hydrogen) atoms. The van der Waals surface area contributed by atoms with Crippen molar-refractivity contribution in [2.24, 2.45) is 10.8 Å². The topological polar surface area (TPSA) is 71.4 Å². The molecule has 0 saturated heterocycles. The van der Waals surface area contributed by atoms with Gasteiger partial charge in [0.15, 0.2) is 0 Å². The lowest BCUT2D eigenvalue weighted by molar-refractivity contribution is -0.145. The molecule has 98 valence electrons. The van der Waals surface area contributed by atoms with Gasteiger partial charge in [-0.25, -0.2) is 0 Å².